The third kappa shape index (κ3) is 5.51. The minimum absolute atomic E-state index is 0.129. The molecule has 0 saturated carbocycles. The summed E-state index contributed by atoms with van der Waals surface area (Å²) in [4.78, 5) is 12.6. The molecule has 5 heteroatoms. The maximum absolute atomic E-state index is 12.6. The SMILES string of the molecule is CC(C(=O)Nc1cccc(CS(=O)C(C)(C)C)c1)C(N)c1ccccc1. The van der Waals surface area contributed by atoms with Gasteiger partial charge in [-0.3, -0.25) is 9.00 Å². The van der Waals surface area contributed by atoms with Gasteiger partial charge in [0.1, 0.15) is 0 Å². The molecular formula is C21H28N2O2S. The van der Waals surface area contributed by atoms with E-state index in [1.807, 2.05) is 82.3 Å². The molecule has 2 aromatic rings. The van der Waals surface area contributed by atoms with Gasteiger partial charge in [0.05, 0.1) is 5.92 Å². The van der Waals surface area contributed by atoms with Crippen LogP contribution in [-0.4, -0.2) is 14.9 Å². The molecule has 3 atom stereocenters. The van der Waals surface area contributed by atoms with Crippen molar-refractivity contribution in [2.75, 3.05) is 5.32 Å². The van der Waals surface area contributed by atoms with E-state index in [0.717, 1.165) is 11.1 Å². The molecule has 0 spiro atoms. The van der Waals surface area contributed by atoms with Crippen LogP contribution in [0, 0.1) is 5.92 Å². The molecule has 0 bridgehead atoms. The number of carbonyl (C=O) groups excluding carboxylic acids is 1. The number of nitrogens with two attached hydrogens (primary N) is 1. The molecule has 140 valence electrons. The zero-order valence-corrected chi connectivity index (χ0v) is 16.7. The second-order valence-corrected chi connectivity index (χ2v) is 9.72. The van der Waals surface area contributed by atoms with Gasteiger partial charge in [-0.1, -0.05) is 49.4 Å². The fourth-order valence-corrected chi connectivity index (χ4v) is 3.41. The van der Waals surface area contributed by atoms with Crippen LogP contribution < -0.4 is 11.1 Å². The summed E-state index contributed by atoms with van der Waals surface area (Å²) in [6, 6.07) is 16.8. The van der Waals surface area contributed by atoms with Gasteiger partial charge >= 0.3 is 0 Å². The van der Waals surface area contributed by atoms with E-state index < -0.39 is 10.8 Å². The molecule has 0 heterocycles. The highest BCUT2D eigenvalue weighted by Crippen LogP contribution is 2.22. The Hall–Kier alpha value is -1.98. The normalized spacial score (nSPS) is 15.1. The van der Waals surface area contributed by atoms with Crippen molar-refractivity contribution < 1.29 is 9.00 Å². The zero-order chi connectivity index (χ0) is 19.3. The minimum atomic E-state index is -0.983. The summed E-state index contributed by atoms with van der Waals surface area (Å²) in [5, 5.41) is 2.93. The van der Waals surface area contributed by atoms with Gasteiger partial charge < -0.3 is 11.1 Å². The van der Waals surface area contributed by atoms with E-state index in [1.165, 1.54) is 0 Å². The van der Waals surface area contributed by atoms with Crippen LogP contribution in [0.5, 0.6) is 0 Å². The van der Waals surface area contributed by atoms with E-state index in [1.54, 1.807) is 0 Å². The molecule has 4 nitrogen and oxygen atoms in total. The summed E-state index contributed by atoms with van der Waals surface area (Å²) in [7, 11) is -0.983. The minimum Gasteiger partial charge on any atom is -0.326 e. The molecule has 0 aliphatic carbocycles. The number of benzene rings is 2. The van der Waals surface area contributed by atoms with Gasteiger partial charge in [-0.15, -0.1) is 0 Å². The molecule has 2 rings (SSSR count). The van der Waals surface area contributed by atoms with Crippen LogP contribution in [0.1, 0.15) is 44.9 Å². The number of anilines is 1. The number of hydrogen-bond acceptors (Lipinski definition) is 3. The van der Waals surface area contributed by atoms with Gasteiger partial charge in [0, 0.05) is 33.0 Å². The molecular weight excluding hydrogens is 344 g/mol. The Morgan fingerprint density at radius 3 is 2.38 bits per heavy atom. The molecule has 0 aliphatic rings. The summed E-state index contributed by atoms with van der Waals surface area (Å²) in [5.74, 6) is -0.0352. The van der Waals surface area contributed by atoms with E-state index >= 15 is 0 Å². The van der Waals surface area contributed by atoms with Gasteiger partial charge in [0.25, 0.3) is 0 Å². The Kier molecular flexibility index (Phi) is 6.73. The lowest BCUT2D eigenvalue weighted by Gasteiger charge is -2.20. The molecule has 0 radical (unpaired) electrons. The molecule has 2 aromatic carbocycles. The largest absolute Gasteiger partial charge is 0.326 e. The lowest BCUT2D eigenvalue weighted by molar-refractivity contribution is -0.120. The molecule has 1 amide bonds. The third-order valence-corrected chi connectivity index (χ3v) is 6.27. The summed E-state index contributed by atoms with van der Waals surface area (Å²) in [6.45, 7) is 7.70. The molecule has 3 N–H and O–H groups in total. The first-order valence-corrected chi connectivity index (χ1v) is 10.1. The maximum atomic E-state index is 12.6. The molecule has 0 fully saturated rings. The predicted octanol–water partition coefficient (Wildman–Crippen LogP) is 4.01. The first-order valence-electron chi connectivity index (χ1n) is 8.77. The average Bonchev–Trinajstić information content (AvgIpc) is 2.60. The topological polar surface area (TPSA) is 72.2 Å². The lowest BCUT2D eigenvalue weighted by Crippen LogP contribution is -2.30. The van der Waals surface area contributed by atoms with Crippen molar-refractivity contribution in [1.29, 1.82) is 0 Å². The summed E-state index contributed by atoms with van der Waals surface area (Å²) < 4.78 is 12.1. The molecule has 26 heavy (non-hydrogen) atoms. The van der Waals surface area contributed by atoms with E-state index in [4.69, 9.17) is 5.73 Å². The quantitative estimate of drug-likeness (QED) is 0.805. The van der Waals surface area contributed by atoms with E-state index in [0.29, 0.717) is 11.4 Å². The van der Waals surface area contributed by atoms with Gasteiger partial charge in [-0.25, -0.2) is 0 Å². The zero-order valence-electron chi connectivity index (χ0n) is 15.9. The van der Waals surface area contributed by atoms with Crippen molar-refractivity contribution in [2.24, 2.45) is 11.7 Å². The van der Waals surface area contributed by atoms with Gasteiger partial charge in [-0.2, -0.15) is 0 Å². The standard InChI is InChI=1S/C21H28N2O2S/c1-15(19(22)17-10-6-5-7-11-17)20(24)23-18-12-8-9-16(13-18)14-26(25)21(2,3)4/h5-13,15,19H,14,22H2,1-4H3,(H,23,24). The van der Waals surface area contributed by atoms with Crippen LogP contribution in [0.15, 0.2) is 54.6 Å². The molecule has 0 aromatic heterocycles. The highest BCUT2D eigenvalue weighted by atomic mass is 32.2. The second kappa shape index (κ2) is 8.60. The Bertz CT molecular complexity index is 769. The van der Waals surface area contributed by atoms with Crippen LogP contribution >= 0.6 is 0 Å². The number of rotatable bonds is 6. The fraction of sp³-hybridized carbons (Fsp3) is 0.381. The first-order chi connectivity index (χ1) is 12.2. The van der Waals surface area contributed by atoms with Crippen molar-refractivity contribution in [3.05, 3.63) is 65.7 Å². The Morgan fingerprint density at radius 2 is 1.77 bits per heavy atom. The van der Waals surface area contributed by atoms with Crippen LogP contribution in [-0.2, 0) is 21.3 Å². The van der Waals surface area contributed by atoms with Crippen LogP contribution in [0.25, 0.3) is 0 Å². The Labute approximate surface area is 158 Å². The summed E-state index contributed by atoms with van der Waals surface area (Å²) in [6.07, 6.45) is 0. The number of nitrogens with one attached hydrogen (secondary N) is 1. The number of hydrogen-bond donors (Lipinski definition) is 2. The first kappa shape index (κ1) is 20.3. The van der Waals surface area contributed by atoms with Crippen LogP contribution in [0.3, 0.4) is 0 Å². The van der Waals surface area contributed by atoms with Crippen molar-refractivity contribution in [1.82, 2.24) is 0 Å². The lowest BCUT2D eigenvalue weighted by atomic mass is 9.94. The molecule has 0 saturated heterocycles. The summed E-state index contributed by atoms with van der Waals surface area (Å²) >= 11 is 0. The smallest absolute Gasteiger partial charge is 0.229 e. The number of amides is 1. The van der Waals surface area contributed by atoms with Crippen molar-refractivity contribution in [3.8, 4) is 0 Å². The Balaban J connectivity index is 2.05. The van der Waals surface area contributed by atoms with Crippen molar-refractivity contribution in [2.45, 2.75) is 44.2 Å². The highest BCUT2D eigenvalue weighted by Gasteiger charge is 2.23. The monoisotopic (exact) mass is 372 g/mol. The fourth-order valence-electron chi connectivity index (χ4n) is 2.49. The van der Waals surface area contributed by atoms with E-state index in [9.17, 15) is 9.00 Å². The van der Waals surface area contributed by atoms with Crippen LogP contribution in [0.4, 0.5) is 5.69 Å². The van der Waals surface area contributed by atoms with Gasteiger partial charge in [0.2, 0.25) is 5.91 Å². The maximum Gasteiger partial charge on any atom is 0.229 e. The second-order valence-electron chi connectivity index (χ2n) is 7.52. The van der Waals surface area contributed by atoms with Crippen molar-refractivity contribution in [3.63, 3.8) is 0 Å². The number of carbonyl (C=O) groups is 1. The van der Waals surface area contributed by atoms with Gasteiger partial charge in [-0.05, 0) is 44.0 Å². The third-order valence-electron chi connectivity index (χ3n) is 4.31. The van der Waals surface area contributed by atoms with E-state index in [-0.39, 0.29) is 22.6 Å². The average molecular weight is 373 g/mol. The molecule has 3 unspecified atom stereocenters. The Morgan fingerprint density at radius 1 is 1.12 bits per heavy atom. The highest BCUT2D eigenvalue weighted by molar-refractivity contribution is 7.85. The summed E-state index contributed by atoms with van der Waals surface area (Å²) in [5.41, 5.74) is 8.81. The van der Waals surface area contributed by atoms with Gasteiger partial charge in [0.15, 0.2) is 0 Å². The van der Waals surface area contributed by atoms with Crippen LogP contribution in [0.2, 0.25) is 0 Å². The van der Waals surface area contributed by atoms with E-state index in [2.05, 4.69) is 5.32 Å². The molecule has 0 aliphatic heterocycles. The predicted molar refractivity (Wildman–Crippen MR) is 109 cm³/mol. The van der Waals surface area contributed by atoms with Crippen molar-refractivity contribution >= 4 is 22.4 Å².